The van der Waals surface area contributed by atoms with Crippen LogP contribution in [0, 0.1) is 0 Å². The minimum Gasteiger partial charge on any atom is -0.361 e. The number of aromatic amines is 1. The fourth-order valence-corrected chi connectivity index (χ4v) is 5.35. The summed E-state index contributed by atoms with van der Waals surface area (Å²) in [6.45, 7) is 0.972. The Morgan fingerprint density at radius 1 is 0.893 bits per heavy atom. The normalized spacial score (nSPS) is 21.9. The van der Waals surface area contributed by atoms with E-state index in [2.05, 4.69) is 33.9 Å². The fraction of sp³-hybridized carbons (Fsp3) is 0.250. The third-order valence-electron chi connectivity index (χ3n) is 6.52. The summed E-state index contributed by atoms with van der Waals surface area (Å²) < 4.78 is 2.28. The largest absolute Gasteiger partial charge is 0.361 e. The Bertz CT molecular complexity index is 1280. The maximum Gasteiger partial charge on any atom is 0.148 e. The van der Waals surface area contributed by atoms with E-state index >= 15 is 0 Å². The summed E-state index contributed by atoms with van der Waals surface area (Å²) in [7, 11) is 0. The highest BCUT2D eigenvalue weighted by Gasteiger charge is 2.45. The zero-order valence-corrected chi connectivity index (χ0v) is 15.4. The van der Waals surface area contributed by atoms with Gasteiger partial charge in [-0.25, -0.2) is 0 Å². The first-order valence-electron chi connectivity index (χ1n) is 9.94. The second kappa shape index (κ2) is 5.68. The zero-order valence-electron chi connectivity index (χ0n) is 15.4. The molecule has 4 aromatic rings. The third-order valence-corrected chi connectivity index (χ3v) is 6.52. The molecule has 6 rings (SSSR count). The van der Waals surface area contributed by atoms with Crippen molar-refractivity contribution in [2.45, 2.75) is 37.6 Å². The number of fused-ring (bicyclic) bond motifs is 1. The summed E-state index contributed by atoms with van der Waals surface area (Å²) in [5.41, 5.74) is 5.56. The number of Topliss-reactive ketones (excluding diaryl/α,β-unsaturated/α-hetero) is 2. The van der Waals surface area contributed by atoms with Crippen molar-refractivity contribution in [2.24, 2.45) is 0 Å². The average Bonchev–Trinajstić information content (AvgIpc) is 3.37. The molecule has 3 heterocycles. The first kappa shape index (κ1) is 15.9. The second-order valence-corrected chi connectivity index (χ2v) is 8.05. The fourth-order valence-electron chi connectivity index (χ4n) is 5.35. The van der Waals surface area contributed by atoms with Gasteiger partial charge in [0.2, 0.25) is 0 Å². The number of carbonyl (C=O) groups excluding carboxylic acids is 2. The van der Waals surface area contributed by atoms with Gasteiger partial charge in [-0.3, -0.25) is 9.59 Å². The SMILES string of the molecule is O=C1CC(=O)[C@@H](c2c[nH]c3ccccc23)[C@H]1c1cn2c3c(cccc13)CCC2. The summed E-state index contributed by atoms with van der Waals surface area (Å²) in [5, 5.41) is 2.17. The molecular formula is C24H20N2O2. The van der Waals surface area contributed by atoms with Crippen molar-refractivity contribution in [3.8, 4) is 0 Å². The summed E-state index contributed by atoms with van der Waals surface area (Å²) in [5.74, 6) is -0.730. The molecule has 2 atom stereocenters. The van der Waals surface area contributed by atoms with E-state index in [-0.39, 0.29) is 18.0 Å². The van der Waals surface area contributed by atoms with Crippen molar-refractivity contribution < 1.29 is 9.59 Å². The molecule has 1 aliphatic carbocycles. The molecule has 0 radical (unpaired) electrons. The van der Waals surface area contributed by atoms with Crippen LogP contribution in [-0.2, 0) is 22.6 Å². The van der Waals surface area contributed by atoms with Gasteiger partial charge >= 0.3 is 0 Å². The Kier molecular flexibility index (Phi) is 3.22. The number of nitrogens with one attached hydrogen (secondary N) is 1. The van der Waals surface area contributed by atoms with Gasteiger partial charge in [0, 0.05) is 35.2 Å². The molecule has 2 aromatic heterocycles. The first-order valence-corrected chi connectivity index (χ1v) is 9.94. The number of aryl methyl sites for hydroxylation is 2. The second-order valence-electron chi connectivity index (χ2n) is 8.05. The molecule has 2 aromatic carbocycles. The number of hydrogen-bond acceptors (Lipinski definition) is 2. The van der Waals surface area contributed by atoms with Crippen LogP contribution < -0.4 is 0 Å². The van der Waals surface area contributed by atoms with Crippen LogP contribution in [0.5, 0.6) is 0 Å². The van der Waals surface area contributed by atoms with E-state index < -0.39 is 11.8 Å². The van der Waals surface area contributed by atoms with Gasteiger partial charge < -0.3 is 9.55 Å². The molecular weight excluding hydrogens is 348 g/mol. The lowest BCUT2D eigenvalue weighted by Gasteiger charge is -2.17. The number of para-hydroxylation sites is 2. The van der Waals surface area contributed by atoms with Crippen LogP contribution in [-0.4, -0.2) is 21.1 Å². The summed E-state index contributed by atoms with van der Waals surface area (Å²) >= 11 is 0. The monoisotopic (exact) mass is 368 g/mol. The quantitative estimate of drug-likeness (QED) is 0.531. The van der Waals surface area contributed by atoms with Gasteiger partial charge in [-0.1, -0.05) is 36.4 Å². The Hall–Kier alpha value is -3.14. The number of nitrogens with zero attached hydrogens (tertiary/aromatic N) is 1. The topological polar surface area (TPSA) is 54.9 Å². The van der Waals surface area contributed by atoms with Gasteiger partial charge in [-0.05, 0) is 35.6 Å². The van der Waals surface area contributed by atoms with Crippen molar-refractivity contribution in [2.75, 3.05) is 0 Å². The van der Waals surface area contributed by atoms with E-state index in [4.69, 9.17) is 0 Å². The third kappa shape index (κ3) is 2.06. The Labute approximate surface area is 162 Å². The molecule has 138 valence electrons. The van der Waals surface area contributed by atoms with Crippen LogP contribution in [0.3, 0.4) is 0 Å². The Morgan fingerprint density at radius 3 is 2.57 bits per heavy atom. The zero-order chi connectivity index (χ0) is 18.8. The molecule has 4 heteroatoms. The molecule has 2 aliphatic rings. The van der Waals surface area contributed by atoms with Gasteiger partial charge in [0.15, 0.2) is 0 Å². The Morgan fingerprint density at radius 2 is 1.68 bits per heavy atom. The van der Waals surface area contributed by atoms with Gasteiger partial charge in [0.1, 0.15) is 11.6 Å². The predicted molar refractivity (Wildman–Crippen MR) is 109 cm³/mol. The van der Waals surface area contributed by atoms with Crippen LogP contribution in [0.1, 0.15) is 41.4 Å². The molecule has 0 saturated heterocycles. The molecule has 0 unspecified atom stereocenters. The summed E-state index contributed by atoms with van der Waals surface area (Å²) in [4.78, 5) is 29.3. The van der Waals surface area contributed by atoms with E-state index in [9.17, 15) is 9.59 Å². The van der Waals surface area contributed by atoms with Gasteiger partial charge in [0.05, 0.1) is 23.8 Å². The van der Waals surface area contributed by atoms with Gasteiger partial charge in [-0.2, -0.15) is 0 Å². The highest BCUT2D eigenvalue weighted by atomic mass is 16.2. The number of ketones is 2. The molecule has 1 saturated carbocycles. The standard InChI is InChI=1S/C24H20N2O2/c27-20-11-21(28)23(22(20)17-12-25-19-9-2-1-7-15(17)19)18-13-26-10-4-6-14-5-3-8-16(18)24(14)26/h1-3,5,7-9,12-13,22-23,25H,4,6,10-11H2/t22-,23+/m1/s1. The molecule has 1 fully saturated rings. The van der Waals surface area contributed by atoms with Crippen molar-refractivity contribution in [1.29, 1.82) is 0 Å². The van der Waals surface area contributed by atoms with E-state index in [1.54, 1.807) is 0 Å². The Balaban J connectivity index is 1.58. The first-order chi connectivity index (χ1) is 13.7. The molecule has 1 N–H and O–H groups in total. The van der Waals surface area contributed by atoms with Crippen molar-refractivity contribution in [3.63, 3.8) is 0 Å². The molecule has 28 heavy (non-hydrogen) atoms. The predicted octanol–water partition coefficient (Wildman–Crippen LogP) is 4.48. The maximum atomic E-state index is 13.0. The molecule has 1 aliphatic heterocycles. The van der Waals surface area contributed by atoms with Crippen molar-refractivity contribution >= 4 is 33.4 Å². The lowest BCUT2D eigenvalue weighted by Crippen LogP contribution is -2.14. The van der Waals surface area contributed by atoms with E-state index in [0.717, 1.165) is 46.8 Å². The maximum absolute atomic E-state index is 13.0. The molecule has 0 bridgehead atoms. The molecule has 0 spiro atoms. The van der Waals surface area contributed by atoms with E-state index in [1.807, 2.05) is 30.5 Å². The van der Waals surface area contributed by atoms with Crippen molar-refractivity contribution in [1.82, 2.24) is 9.55 Å². The number of benzene rings is 2. The van der Waals surface area contributed by atoms with Crippen LogP contribution in [0.2, 0.25) is 0 Å². The van der Waals surface area contributed by atoms with Crippen LogP contribution >= 0.6 is 0 Å². The summed E-state index contributed by atoms with van der Waals surface area (Å²) in [6.07, 6.45) is 6.27. The number of rotatable bonds is 2. The van der Waals surface area contributed by atoms with Gasteiger partial charge in [0.25, 0.3) is 0 Å². The highest BCUT2D eigenvalue weighted by Crippen LogP contribution is 2.46. The number of carbonyl (C=O) groups is 2. The number of hydrogen-bond donors (Lipinski definition) is 1. The highest BCUT2D eigenvalue weighted by molar-refractivity contribution is 6.15. The minimum absolute atomic E-state index is 0.0290. The number of H-pyrrole nitrogens is 1. The minimum atomic E-state index is -0.410. The summed E-state index contributed by atoms with van der Waals surface area (Å²) in [6, 6.07) is 14.4. The smallest absolute Gasteiger partial charge is 0.148 e. The lowest BCUT2D eigenvalue weighted by atomic mass is 9.83. The molecule has 0 amide bonds. The average molecular weight is 368 g/mol. The van der Waals surface area contributed by atoms with Crippen LogP contribution in [0.15, 0.2) is 54.9 Å². The van der Waals surface area contributed by atoms with E-state index in [0.29, 0.717) is 0 Å². The molecule has 4 nitrogen and oxygen atoms in total. The van der Waals surface area contributed by atoms with Gasteiger partial charge in [-0.15, -0.1) is 0 Å². The lowest BCUT2D eigenvalue weighted by molar-refractivity contribution is -0.122. The number of aromatic nitrogens is 2. The van der Waals surface area contributed by atoms with Crippen LogP contribution in [0.4, 0.5) is 0 Å². The van der Waals surface area contributed by atoms with Crippen molar-refractivity contribution in [3.05, 3.63) is 71.5 Å². The van der Waals surface area contributed by atoms with E-state index in [1.165, 1.54) is 11.1 Å². The van der Waals surface area contributed by atoms with Crippen LogP contribution in [0.25, 0.3) is 21.8 Å².